The summed E-state index contributed by atoms with van der Waals surface area (Å²) in [5, 5.41) is 3.17. The number of fused-ring (bicyclic) bond motifs is 4. The highest BCUT2D eigenvalue weighted by Crippen LogP contribution is 2.32. The van der Waals surface area contributed by atoms with Gasteiger partial charge < -0.3 is 9.73 Å². The van der Waals surface area contributed by atoms with Gasteiger partial charge in [0.15, 0.2) is 12.0 Å². The SMILES string of the molecule is CC1C(NC(=O)c2cc3ncoc3cn2)C2CCN1CC2. The summed E-state index contributed by atoms with van der Waals surface area (Å²) in [6.07, 6.45) is 5.26. The first-order valence-electron chi connectivity index (χ1n) is 7.46. The van der Waals surface area contributed by atoms with Crippen LogP contribution in [0.15, 0.2) is 23.1 Å². The number of aromatic nitrogens is 2. The molecule has 2 aromatic heterocycles. The lowest BCUT2D eigenvalue weighted by Crippen LogP contribution is -2.62. The molecule has 0 aromatic carbocycles. The zero-order valence-electron chi connectivity index (χ0n) is 12.0. The van der Waals surface area contributed by atoms with Crippen molar-refractivity contribution in [2.24, 2.45) is 5.92 Å². The van der Waals surface area contributed by atoms with Crippen LogP contribution >= 0.6 is 0 Å². The highest BCUT2D eigenvalue weighted by molar-refractivity contribution is 5.95. The molecule has 2 unspecified atom stereocenters. The van der Waals surface area contributed by atoms with Crippen molar-refractivity contribution >= 4 is 17.0 Å². The summed E-state index contributed by atoms with van der Waals surface area (Å²) in [6.45, 7) is 4.51. The highest BCUT2D eigenvalue weighted by Gasteiger charge is 2.40. The van der Waals surface area contributed by atoms with Gasteiger partial charge >= 0.3 is 0 Å². The second kappa shape index (κ2) is 4.80. The molecular weight excluding hydrogens is 268 g/mol. The van der Waals surface area contributed by atoms with Crippen molar-refractivity contribution < 1.29 is 9.21 Å². The summed E-state index contributed by atoms with van der Waals surface area (Å²) in [5.41, 5.74) is 1.67. The van der Waals surface area contributed by atoms with Crippen molar-refractivity contribution in [1.29, 1.82) is 0 Å². The Morgan fingerprint density at radius 3 is 2.95 bits per heavy atom. The minimum atomic E-state index is -0.120. The lowest BCUT2D eigenvalue weighted by molar-refractivity contribution is 0.0216. The summed E-state index contributed by atoms with van der Waals surface area (Å²) >= 11 is 0. The Bertz CT molecular complexity index is 673. The smallest absolute Gasteiger partial charge is 0.270 e. The maximum Gasteiger partial charge on any atom is 0.270 e. The molecule has 3 aliphatic rings. The number of oxazole rings is 1. The van der Waals surface area contributed by atoms with Gasteiger partial charge in [0.1, 0.15) is 11.2 Å². The van der Waals surface area contributed by atoms with Crippen molar-refractivity contribution in [2.45, 2.75) is 31.8 Å². The first-order chi connectivity index (χ1) is 10.2. The molecule has 0 aliphatic carbocycles. The first-order valence-corrected chi connectivity index (χ1v) is 7.46. The van der Waals surface area contributed by atoms with Gasteiger partial charge in [0.2, 0.25) is 0 Å². The molecule has 110 valence electrons. The zero-order valence-corrected chi connectivity index (χ0v) is 12.0. The quantitative estimate of drug-likeness (QED) is 0.904. The summed E-state index contributed by atoms with van der Waals surface area (Å²) in [6, 6.07) is 2.30. The van der Waals surface area contributed by atoms with Crippen LogP contribution in [0.5, 0.6) is 0 Å². The Balaban J connectivity index is 1.54. The summed E-state index contributed by atoms with van der Waals surface area (Å²) in [4.78, 5) is 23.1. The third-order valence-electron chi connectivity index (χ3n) is 4.93. The Kier molecular flexibility index (Phi) is 2.92. The molecule has 0 radical (unpaired) electrons. The van der Waals surface area contributed by atoms with Crippen LogP contribution in [0.3, 0.4) is 0 Å². The van der Waals surface area contributed by atoms with Crippen molar-refractivity contribution in [2.75, 3.05) is 13.1 Å². The number of rotatable bonds is 2. The van der Waals surface area contributed by atoms with E-state index in [2.05, 4.69) is 27.1 Å². The van der Waals surface area contributed by atoms with E-state index in [-0.39, 0.29) is 11.9 Å². The van der Waals surface area contributed by atoms with E-state index >= 15 is 0 Å². The van der Waals surface area contributed by atoms with E-state index < -0.39 is 0 Å². The van der Waals surface area contributed by atoms with E-state index in [0.717, 1.165) is 13.1 Å². The van der Waals surface area contributed by atoms with Gasteiger partial charge in [0.05, 0.1) is 6.20 Å². The van der Waals surface area contributed by atoms with Gasteiger partial charge in [-0.15, -0.1) is 0 Å². The van der Waals surface area contributed by atoms with Crippen LogP contribution in [-0.2, 0) is 0 Å². The first kappa shape index (κ1) is 12.8. The average molecular weight is 286 g/mol. The van der Waals surface area contributed by atoms with E-state index in [4.69, 9.17) is 4.42 Å². The molecule has 0 spiro atoms. The number of pyridine rings is 1. The number of hydrogen-bond donors (Lipinski definition) is 1. The molecule has 2 atom stereocenters. The molecular formula is C15H18N4O2. The van der Waals surface area contributed by atoms with Crippen molar-refractivity contribution in [3.05, 3.63) is 24.4 Å². The number of nitrogens with one attached hydrogen (secondary N) is 1. The van der Waals surface area contributed by atoms with Crippen molar-refractivity contribution in [3.63, 3.8) is 0 Å². The largest absolute Gasteiger partial charge is 0.442 e. The Hall–Kier alpha value is -1.95. The van der Waals surface area contributed by atoms with Crippen molar-refractivity contribution in [1.82, 2.24) is 20.2 Å². The number of hydrogen-bond acceptors (Lipinski definition) is 5. The van der Waals surface area contributed by atoms with E-state index in [9.17, 15) is 4.79 Å². The van der Waals surface area contributed by atoms with Gasteiger partial charge in [-0.25, -0.2) is 9.97 Å². The minimum Gasteiger partial charge on any atom is -0.442 e. The predicted molar refractivity (Wildman–Crippen MR) is 76.8 cm³/mol. The molecule has 21 heavy (non-hydrogen) atoms. The zero-order chi connectivity index (χ0) is 14.4. The Labute approximate surface area is 122 Å². The maximum absolute atomic E-state index is 12.4. The van der Waals surface area contributed by atoms with E-state index in [0.29, 0.717) is 28.8 Å². The van der Waals surface area contributed by atoms with Crippen LogP contribution in [-0.4, -0.2) is 45.9 Å². The highest BCUT2D eigenvalue weighted by atomic mass is 16.3. The summed E-state index contributed by atoms with van der Waals surface area (Å²) < 4.78 is 5.15. The van der Waals surface area contributed by atoms with Gasteiger partial charge in [-0.1, -0.05) is 0 Å². The van der Waals surface area contributed by atoms with Crippen LogP contribution in [0.1, 0.15) is 30.3 Å². The molecule has 0 saturated carbocycles. The van der Waals surface area contributed by atoms with Gasteiger partial charge in [-0.3, -0.25) is 9.69 Å². The van der Waals surface area contributed by atoms with Crippen LogP contribution < -0.4 is 5.32 Å². The second-order valence-corrected chi connectivity index (χ2v) is 6.00. The number of amides is 1. The summed E-state index contributed by atoms with van der Waals surface area (Å²) in [5.74, 6) is 0.468. The van der Waals surface area contributed by atoms with E-state index in [1.165, 1.54) is 19.2 Å². The Morgan fingerprint density at radius 1 is 1.38 bits per heavy atom. The van der Waals surface area contributed by atoms with E-state index in [1.54, 1.807) is 12.3 Å². The van der Waals surface area contributed by atoms with Crippen molar-refractivity contribution in [3.8, 4) is 0 Å². The third kappa shape index (κ3) is 2.10. The number of piperidine rings is 3. The molecule has 2 bridgehead atoms. The normalized spacial score (nSPS) is 31.5. The minimum absolute atomic E-state index is 0.120. The lowest BCUT2D eigenvalue weighted by Gasteiger charge is -2.49. The molecule has 5 rings (SSSR count). The fourth-order valence-corrected chi connectivity index (χ4v) is 3.66. The van der Waals surface area contributed by atoms with Crippen LogP contribution in [0.25, 0.3) is 11.1 Å². The monoisotopic (exact) mass is 286 g/mol. The number of carbonyl (C=O) groups excluding carboxylic acids is 1. The molecule has 1 amide bonds. The molecule has 2 aromatic rings. The van der Waals surface area contributed by atoms with Crippen LogP contribution in [0, 0.1) is 5.92 Å². The molecule has 3 fully saturated rings. The Morgan fingerprint density at radius 2 is 2.19 bits per heavy atom. The van der Waals surface area contributed by atoms with Gasteiger partial charge in [0.25, 0.3) is 5.91 Å². The van der Waals surface area contributed by atoms with Gasteiger partial charge in [-0.2, -0.15) is 0 Å². The summed E-state index contributed by atoms with van der Waals surface area (Å²) in [7, 11) is 0. The molecule has 6 heteroatoms. The van der Waals surface area contributed by atoms with Gasteiger partial charge in [-0.05, 0) is 44.8 Å². The standard InChI is InChI=1S/C15H18N4O2/c1-9-14(10-2-4-19(9)5-3-10)18-15(20)12-6-11-13(7-16-12)21-8-17-11/h6-10,14H,2-5H2,1H3,(H,18,20). The van der Waals surface area contributed by atoms with Gasteiger partial charge in [0, 0.05) is 12.1 Å². The number of nitrogens with zero attached hydrogens (tertiary/aromatic N) is 3. The van der Waals surface area contributed by atoms with Crippen LogP contribution in [0.4, 0.5) is 0 Å². The molecule has 6 nitrogen and oxygen atoms in total. The molecule has 3 aliphatic heterocycles. The average Bonchev–Trinajstić information content (AvgIpc) is 2.98. The second-order valence-electron chi connectivity index (χ2n) is 6.00. The lowest BCUT2D eigenvalue weighted by atomic mass is 9.79. The van der Waals surface area contributed by atoms with Crippen LogP contribution in [0.2, 0.25) is 0 Å². The molecule has 3 saturated heterocycles. The maximum atomic E-state index is 12.4. The predicted octanol–water partition coefficient (Wildman–Crippen LogP) is 1.44. The van der Waals surface area contributed by atoms with E-state index in [1.807, 2.05) is 0 Å². The third-order valence-corrected chi connectivity index (χ3v) is 4.93. The fraction of sp³-hybridized carbons (Fsp3) is 0.533. The molecule has 5 heterocycles. The topological polar surface area (TPSA) is 71.3 Å². The molecule has 1 N–H and O–H groups in total. The number of carbonyl (C=O) groups is 1. The fourth-order valence-electron chi connectivity index (χ4n) is 3.66.